The van der Waals surface area contributed by atoms with Crippen molar-refractivity contribution in [1.82, 2.24) is 0 Å². The third kappa shape index (κ3) is 2.52. The summed E-state index contributed by atoms with van der Waals surface area (Å²) in [6.45, 7) is 0. The van der Waals surface area contributed by atoms with Crippen molar-refractivity contribution in [2.75, 3.05) is 0 Å². The van der Waals surface area contributed by atoms with E-state index in [4.69, 9.17) is 11.6 Å². The fraction of sp³-hybridized carbons (Fsp3) is 0. The minimum atomic E-state index is 0.748. The molecule has 0 aliphatic carbocycles. The van der Waals surface area contributed by atoms with Crippen LogP contribution in [0.3, 0.4) is 0 Å². The quantitative estimate of drug-likeness (QED) is 0.502. The first-order chi connectivity index (χ1) is 9.77. The van der Waals surface area contributed by atoms with Crippen molar-refractivity contribution in [3.05, 3.63) is 82.3 Å². The SMILES string of the molecule is Clc1c(-c2ccccc2)ccc(-c2ccccc2)c1Br. The van der Waals surface area contributed by atoms with Gasteiger partial charge in [-0.3, -0.25) is 0 Å². The Balaban J connectivity index is 2.13. The molecule has 0 radical (unpaired) electrons. The zero-order valence-corrected chi connectivity index (χ0v) is 13.0. The van der Waals surface area contributed by atoms with Gasteiger partial charge in [0.15, 0.2) is 0 Å². The molecular formula is C18H12BrCl. The Morgan fingerprint density at radius 3 is 1.60 bits per heavy atom. The van der Waals surface area contributed by atoms with Crippen LogP contribution in [0.4, 0.5) is 0 Å². The molecule has 0 aliphatic rings. The van der Waals surface area contributed by atoms with E-state index in [0.29, 0.717) is 0 Å². The molecule has 3 aromatic carbocycles. The highest BCUT2D eigenvalue weighted by Gasteiger charge is 2.11. The van der Waals surface area contributed by atoms with Gasteiger partial charge in [-0.25, -0.2) is 0 Å². The normalized spacial score (nSPS) is 10.5. The molecule has 0 atom stereocenters. The molecule has 20 heavy (non-hydrogen) atoms. The number of hydrogen-bond acceptors (Lipinski definition) is 0. The fourth-order valence-corrected chi connectivity index (χ4v) is 3.08. The van der Waals surface area contributed by atoms with Crippen LogP contribution in [0.15, 0.2) is 77.3 Å². The summed E-state index contributed by atoms with van der Waals surface area (Å²) in [7, 11) is 0. The van der Waals surface area contributed by atoms with E-state index in [1.165, 1.54) is 0 Å². The van der Waals surface area contributed by atoms with Gasteiger partial charge in [0.2, 0.25) is 0 Å². The monoisotopic (exact) mass is 342 g/mol. The Morgan fingerprint density at radius 1 is 0.600 bits per heavy atom. The third-order valence-electron chi connectivity index (χ3n) is 3.25. The van der Waals surface area contributed by atoms with Crippen LogP contribution in [0.1, 0.15) is 0 Å². The predicted molar refractivity (Wildman–Crippen MR) is 90.0 cm³/mol. The first-order valence-corrected chi connectivity index (χ1v) is 7.53. The van der Waals surface area contributed by atoms with Gasteiger partial charge in [-0.15, -0.1) is 0 Å². The van der Waals surface area contributed by atoms with Gasteiger partial charge < -0.3 is 0 Å². The van der Waals surface area contributed by atoms with E-state index in [1.807, 2.05) is 36.4 Å². The number of hydrogen-bond donors (Lipinski definition) is 0. The van der Waals surface area contributed by atoms with Crippen LogP contribution in [0.25, 0.3) is 22.3 Å². The third-order valence-corrected chi connectivity index (χ3v) is 4.70. The van der Waals surface area contributed by atoms with E-state index in [1.54, 1.807) is 0 Å². The highest BCUT2D eigenvalue weighted by Crippen LogP contribution is 2.40. The summed E-state index contributed by atoms with van der Waals surface area (Å²) in [5.41, 5.74) is 4.42. The van der Waals surface area contributed by atoms with Gasteiger partial charge in [-0.05, 0) is 32.6 Å². The number of rotatable bonds is 2. The van der Waals surface area contributed by atoms with E-state index < -0.39 is 0 Å². The summed E-state index contributed by atoms with van der Waals surface area (Å²) in [5, 5.41) is 0.748. The summed E-state index contributed by atoms with van der Waals surface area (Å²) in [6, 6.07) is 24.6. The molecule has 0 nitrogen and oxygen atoms in total. The molecule has 0 spiro atoms. The second-order valence-corrected chi connectivity index (χ2v) is 5.69. The van der Waals surface area contributed by atoms with Crippen molar-refractivity contribution >= 4 is 27.5 Å². The smallest absolute Gasteiger partial charge is 0.0632 e. The summed E-state index contributed by atoms with van der Waals surface area (Å²) in [4.78, 5) is 0. The Labute approximate surface area is 132 Å². The lowest BCUT2D eigenvalue weighted by Crippen LogP contribution is -1.85. The van der Waals surface area contributed by atoms with E-state index in [0.717, 1.165) is 31.7 Å². The summed E-state index contributed by atoms with van der Waals surface area (Å²) in [5.74, 6) is 0. The molecular weight excluding hydrogens is 332 g/mol. The molecule has 0 fully saturated rings. The molecule has 3 rings (SSSR count). The molecule has 0 saturated heterocycles. The molecule has 0 saturated carbocycles. The molecule has 0 bridgehead atoms. The average Bonchev–Trinajstić information content (AvgIpc) is 2.52. The Morgan fingerprint density at radius 2 is 1.05 bits per heavy atom. The summed E-state index contributed by atoms with van der Waals surface area (Å²) in [6.07, 6.45) is 0. The number of halogens is 2. The summed E-state index contributed by atoms with van der Waals surface area (Å²) < 4.78 is 0.937. The lowest BCUT2D eigenvalue weighted by Gasteiger charge is -2.11. The van der Waals surface area contributed by atoms with Crippen molar-refractivity contribution < 1.29 is 0 Å². The van der Waals surface area contributed by atoms with Crippen LogP contribution in [0, 0.1) is 0 Å². The predicted octanol–water partition coefficient (Wildman–Crippen LogP) is 6.44. The van der Waals surface area contributed by atoms with Crippen LogP contribution in [0.2, 0.25) is 5.02 Å². The zero-order valence-electron chi connectivity index (χ0n) is 10.7. The topological polar surface area (TPSA) is 0 Å². The molecule has 0 amide bonds. The maximum Gasteiger partial charge on any atom is 0.0632 e. The zero-order chi connectivity index (χ0) is 13.9. The lowest BCUT2D eigenvalue weighted by molar-refractivity contribution is 1.56. The molecule has 0 aromatic heterocycles. The molecule has 0 unspecified atom stereocenters. The van der Waals surface area contributed by atoms with Crippen molar-refractivity contribution in [3.8, 4) is 22.3 Å². The standard InChI is InChI=1S/C18H12BrCl/c19-17-15(13-7-3-1-4-8-13)11-12-16(18(17)20)14-9-5-2-6-10-14/h1-12H. The second-order valence-electron chi connectivity index (χ2n) is 4.52. The molecule has 0 N–H and O–H groups in total. The highest BCUT2D eigenvalue weighted by atomic mass is 79.9. The van der Waals surface area contributed by atoms with Gasteiger partial charge in [-0.2, -0.15) is 0 Å². The Kier molecular flexibility index (Phi) is 3.90. The maximum absolute atomic E-state index is 6.54. The van der Waals surface area contributed by atoms with Crippen LogP contribution in [-0.2, 0) is 0 Å². The lowest BCUT2D eigenvalue weighted by atomic mass is 10.0. The average molecular weight is 344 g/mol. The van der Waals surface area contributed by atoms with Crippen molar-refractivity contribution in [1.29, 1.82) is 0 Å². The Hall–Kier alpha value is -1.57. The van der Waals surface area contributed by atoms with Crippen molar-refractivity contribution in [2.24, 2.45) is 0 Å². The molecule has 2 heteroatoms. The van der Waals surface area contributed by atoms with Gasteiger partial charge >= 0.3 is 0 Å². The van der Waals surface area contributed by atoms with E-state index in [9.17, 15) is 0 Å². The van der Waals surface area contributed by atoms with Crippen molar-refractivity contribution in [2.45, 2.75) is 0 Å². The fourth-order valence-electron chi connectivity index (χ4n) is 2.23. The Bertz CT molecular complexity index is 657. The largest absolute Gasteiger partial charge is 0.0824 e. The van der Waals surface area contributed by atoms with Crippen LogP contribution >= 0.6 is 27.5 Å². The molecule has 98 valence electrons. The van der Waals surface area contributed by atoms with Gasteiger partial charge in [0.1, 0.15) is 0 Å². The minimum Gasteiger partial charge on any atom is -0.0824 e. The van der Waals surface area contributed by atoms with Gasteiger partial charge in [0, 0.05) is 10.0 Å². The minimum absolute atomic E-state index is 0.748. The highest BCUT2D eigenvalue weighted by molar-refractivity contribution is 9.10. The maximum atomic E-state index is 6.54. The van der Waals surface area contributed by atoms with Gasteiger partial charge in [0.05, 0.1) is 5.02 Å². The molecule has 0 aliphatic heterocycles. The molecule has 0 heterocycles. The first kappa shape index (κ1) is 13.4. The second kappa shape index (κ2) is 5.82. The van der Waals surface area contributed by atoms with Crippen LogP contribution in [-0.4, -0.2) is 0 Å². The number of benzene rings is 3. The van der Waals surface area contributed by atoms with E-state index in [2.05, 4.69) is 52.3 Å². The van der Waals surface area contributed by atoms with Gasteiger partial charge in [0.25, 0.3) is 0 Å². The van der Waals surface area contributed by atoms with Crippen molar-refractivity contribution in [3.63, 3.8) is 0 Å². The van der Waals surface area contributed by atoms with Crippen LogP contribution < -0.4 is 0 Å². The van der Waals surface area contributed by atoms with Crippen LogP contribution in [0.5, 0.6) is 0 Å². The van der Waals surface area contributed by atoms with E-state index in [-0.39, 0.29) is 0 Å². The summed E-state index contributed by atoms with van der Waals surface area (Å²) >= 11 is 10.2. The van der Waals surface area contributed by atoms with E-state index >= 15 is 0 Å². The molecule has 3 aromatic rings. The van der Waals surface area contributed by atoms with Gasteiger partial charge in [-0.1, -0.05) is 84.4 Å². The first-order valence-electron chi connectivity index (χ1n) is 6.36.